The van der Waals surface area contributed by atoms with Gasteiger partial charge in [-0.05, 0) is 49.4 Å². The highest BCUT2D eigenvalue weighted by atomic mass is 16.5. The molecule has 0 bridgehead atoms. The lowest BCUT2D eigenvalue weighted by Crippen LogP contribution is -2.31. The Kier molecular flexibility index (Phi) is 5.48. The molecule has 1 aliphatic rings. The minimum atomic E-state index is 0.214. The minimum absolute atomic E-state index is 0.214. The van der Waals surface area contributed by atoms with Gasteiger partial charge < -0.3 is 14.8 Å². The van der Waals surface area contributed by atoms with Gasteiger partial charge in [-0.2, -0.15) is 0 Å². The van der Waals surface area contributed by atoms with Gasteiger partial charge in [-0.15, -0.1) is 0 Å². The quantitative estimate of drug-likeness (QED) is 0.876. The zero-order chi connectivity index (χ0) is 15.2. The molecule has 0 saturated heterocycles. The van der Waals surface area contributed by atoms with Crippen molar-refractivity contribution in [2.24, 2.45) is 5.92 Å². The van der Waals surface area contributed by atoms with Crippen LogP contribution in [0.4, 0.5) is 0 Å². The van der Waals surface area contributed by atoms with Crippen molar-refractivity contribution in [3.63, 3.8) is 0 Å². The monoisotopic (exact) mass is 291 g/mol. The maximum atomic E-state index is 12.0. The summed E-state index contributed by atoms with van der Waals surface area (Å²) in [5.74, 6) is 1.93. The van der Waals surface area contributed by atoms with E-state index in [1.165, 1.54) is 18.4 Å². The number of hydrogen-bond acceptors (Lipinski definition) is 3. The molecule has 0 unspecified atom stereocenters. The summed E-state index contributed by atoms with van der Waals surface area (Å²) < 4.78 is 10.6. The Labute approximate surface area is 126 Å². The number of ether oxygens (including phenoxy) is 2. The van der Waals surface area contributed by atoms with Gasteiger partial charge in [0.2, 0.25) is 5.91 Å². The molecule has 0 aromatic heterocycles. The summed E-state index contributed by atoms with van der Waals surface area (Å²) in [4.78, 5) is 12.0. The fourth-order valence-electron chi connectivity index (χ4n) is 2.94. The number of rotatable bonds is 6. The van der Waals surface area contributed by atoms with E-state index in [0.29, 0.717) is 6.54 Å². The number of methoxy groups -OCH3 is 2. The van der Waals surface area contributed by atoms with E-state index in [0.717, 1.165) is 36.3 Å². The van der Waals surface area contributed by atoms with Crippen molar-refractivity contribution < 1.29 is 14.3 Å². The van der Waals surface area contributed by atoms with Gasteiger partial charge in [0, 0.05) is 12.5 Å². The number of nitrogens with one attached hydrogen (secondary N) is 1. The normalized spacial score (nSPS) is 15.0. The van der Waals surface area contributed by atoms with Crippen molar-refractivity contribution in [2.75, 3.05) is 20.8 Å². The Morgan fingerprint density at radius 3 is 2.43 bits per heavy atom. The molecule has 1 aliphatic carbocycles. The lowest BCUT2D eigenvalue weighted by molar-refractivity contribution is -0.124. The van der Waals surface area contributed by atoms with Gasteiger partial charge in [-0.3, -0.25) is 4.79 Å². The maximum Gasteiger partial charge on any atom is 0.223 e. The number of hydrogen-bond donors (Lipinski definition) is 1. The molecule has 1 N–H and O–H groups in total. The van der Waals surface area contributed by atoms with E-state index >= 15 is 0 Å². The van der Waals surface area contributed by atoms with Gasteiger partial charge in [0.1, 0.15) is 0 Å². The zero-order valence-corrected chi connectivity index (χ0v) is 13.2. The molecular weight excluding hydrogens is 266 g/mol. The largest absolute Gasteiger partial charge is 0.493 e. The van der Waals surface area contributed by atoms with E-state index in [2.05, 4.69) is 12.2 Å². The number of carbonyl (C=O) groups excluding carboxylic acids is 1. The Bertz CT molecular complexity index is 493. The Morgan fingerprint density at radius 1 is 1.19 bits per heavy atom. The number of carbonyl (C=O) groups is 1. The first kappa shape index (κ1) is 15.7. The van der Waals surface area contributed by atoms with Gasteiger partial charge in [0.25, 0.3) is 0 Å². The van der Waals surface area contributed by atoms with Crippen LogP contribution in [0.2, 0.25) is 0 Å². The van der Waals surface area contributed by atoms with Crippen molar-refractivity contribution in [1.82, 2.24) is 5.32 Å². The molecule has 21 heavy (non-hydrogen) atoms. The third kappa shape index (κ3) is 3.90. The molecule has 1 fully saturated rings. The zero-order valence-electron chi connectivity index (χ0n) is 13.2. The molecule has 1 aromatic carbocycles. The number of aryl methyl sites for hydroxylation is 1. The first-order chi connectivity index (χ1) is 10.2. The average Bonchev–Trinajstić information content (AvgIpc) is 3.02. The molecule has 1 aromatic rings. The molecule has 0 aliphatic heterocycles. The van der Waals surface area contributed by atoms with E-state index < -0.39 is 0 Å². The van der Waals surface area contributed by atoms with Crippen LogP contribution < -0.4 is 14.8 Å². The van der Waals surface area contributed by atoms with Crippen LogP contribution in [0.25, 0.3) is 0 Å². The molecule has 2 rings (SSSR count). The highest BCUT2D eigenvalue weighted by Crippen LogP contribution is 2.30. The topological polar surface area (TPSA) is 47.6 Å². The van der Waals surface area contributed by atoms with E-state index in [1.54, 1.807) is 14.2 Å². The maximum absolute atomic E-state index is 12.0. The molecule has 0 heterocycles. The SMILES string of the molecule is COc1cc(C)c(CCNC(=O)C2CCCC2)cc1OC. The van der Waals surface area contributed by atoms with Crippen LogP contribution in [0.5, 0.6) is 11.5 Å². The Hall–Kier alpha value is -1.71. The van der Waals surface area contributed by atoms with Crippen LogP contribution in [-0.4, -0.2) is 26.7 Å². The first-order valence-electron chi connectivity index (χ1n) is 7.65. The van der Waals surface area contributed by atoms with E-state index in [4.69, 9.17) is 9.47 Å². The molecule has 1 saturated carbocycles. The predicted molar refractivity (Wildman–Crippen MR) is 83.0 cm³/mol. The number of amides is 1. The van der Waals surface area contributed by atoms with Crippen molar-refractivity contribution in [3.8, 4) is 11.5 Å². The van der Waals surface area contributed by atoms with Crippen molar-refractivity contribution in [1.29, 1.82) is 0 Å². The van der Waals surface area contributed by atoms with Crippen LogP contribution in [0.3, 0.4) is 0 Å². The Morgan fingerprint density at radius 2 is 1.81 bits per heavy atom. The predicted octanol–water partition coefficient (Wildman–Crippen LogP) is 2.86. The van der Waals surface area contributed by atoms with E-state index in [-0.39, 0.29) is 11.8 Å². The van der Waals surface area contributed by atoms with Crippen molar-refractivity contribution >= 4 is 5.91 Å². The molecule has 116 valence electrons. The first-order valence-corrected chi connectivity index (χ1v) is 7.65. The van der Waals surface area contributed by atoms with Crippen LogP contribution >= 0.6 is 0 Å². The summed E-state index contributed by atoms with van der Waals surface area (Å²) >= 11 is 0. The lowest BCUT2D eigenvalue weighted by atomic mass is 10.0. The molecule has 4 heteroatoms. The van der Waals surface area contributed by atoms with Crippen LogP contribution in [-0.2, 0) is 11.2 Å². The molecule has 4 nitrogen and oxygen atoms in total. The highest BCUT2D eigenvalue weighted by Gasteiger charge is 2.22. The summed E-state index contributed by atoms with van der Waals surface area (Å²) in [6, 6.07) is 3.98. The van der Waals surface area contributed by atoms with E-state index in [9.17, 15) is 4.79 Å². The molecule has 0 atom stereocenters. The fourth-order valence-corrected chi connectivity index (χ4v) is 2.94. The van der Waals surface area contributed by atoms with E-state index in [1.807, 2.05) is 12.1 Å². The molecular formula is C17H25NO3. The Balaban J connectivity index is 1.92. The fraction of sp³-hybridized carbons (Fsp3) is 0.588. The van der Waals surface area contributed by atoms with Crippen molar-refractivity contribution in [2.45, 2.75) is 39.0 Å². The number of benzene rings is 1. The third-order valence-corrected chi connectivity index (χ3v) is 4.26. The summed E-state index contributed by atoms with van der Waals surface area (Å²) in [7, 11) is 3.28. The van der Waals surface area contributed by atoms with Gasteiger partial charge in [-0.1, -0.05) is 12.8 Å². The lowest BCUT2D eigenvalue weighted by Gasteiger charge is -2.14. The van der Waals surface area contributed by atoms with Gasteiger partial charge >= 0.3 is 0 Å². The molecule has 0 radical (unpaired) electrons. The van der Waals surface area contributed by atoms with Crippen LogP contribution in [0.1, 0.15) is 36.8 Å². The summed E-state index contributed by atoms with van der Waals surface area (Å²) in [5, 5.41) is 3.06. The summed E-state index contributed by atoms with van der Waals surface area (Å²) in [6.07, 6.45) is 5.27. The molecule has 1 amide bonds. The smallest absolute Gasteiger partial charge is 0.223 e. The highest BCUT2D eigenvalue weighted by molar-refractivity contribution is 5.78. The standard InChI is InChI=1S/C17H25NO3/c1-12-10-15(20-2)16(21-3)11-14(12)8-9-18-17(19)13-6-4-5-7-13/h10-11,13H,4-9H2,1-3H3,(H,18,19). The second-order valence-electron chi connectivity index (χ2n) is 5.66. The second-order valence-corrected chi connectivity index (χ2v) is 5.66. The average molecular weight is 291 g/mol. The van der Waals surface area contributed by atoms with Crippen molar-refractivity contribution in [3.05, 3.63) is 23.3 Å². The molecule has 0 spiro atoms. The third-order valence-electron chi connectivity index (χ3n) is 4.26. The van der Waals surface area contributed by atoms with Gasteiger partial charge in [-0.25, -0.2) is 0 Å². The summed E-state index contributed by atoms with van der Waals surface area (Å²) in [6.45, 7) is 2.72. The van der Waals surface area contributed by atoms with Gasteiger partial charge in [0.05, 0.1) is 14.2 Å². The minimum Gasteiger partial charge on any atom is -0.493 e. The van der Waals surface area contributed by atoms with Crippen LogP contribution in [0.15, 0.2) is 12.1 Å². The van der Waals surface area contributed by atoms with Crippen LogP contribution in [0, 0.1) is 12.8 Å². The second kappa shape index (κ2) is 7.34. The van der Waals surface area contributed by atoms with Gasteiger partial charge in [0.15, 0.2) is 11.5 Å². The summed E-state index contributed by atoms with van der Waals surface area (Å²) in [5.41, 5.74) is 2.34.